The van der Waals surface area contributed by atoms with Crippen molar-refractivity contribution < 1.29 is 9.21 Å². The second-order valence-electron chi connectivity index (χ2n) is 6.47. The van der Waals surface area contributed by atoms with Crippen LogP contribution in [0.3, 0.4) is 0 Å². The van der Waals surface area contributed by atoms with Crippen LogP contribution in [0.2, 0.25) is 0 Å². The van der Waals surface area contributed by atoms with Gasteiger partial charge in [0.25, 0.3) is 0 Å². The molecule has 3 aromatic carbocycles. The van der Waals surface area contributed by atoms with Crippen LogP contribution in [0, 0.1) is 0 Å². The van der Waals surface area contributed by atoms with E-state index in [0.29, 0.717) is 5.89 Å². The molecule has 1 atom stereocenters. The van der Waals surface area contributed by atoms with Gasteiger partial charge in [0.15, 0.2) is 5.58 Å². The van der Waals surface area contributed by atoms with Gasteiger partial charge in [0, 0.05) is 16.1 Å². The van der Waals surface area contributed by atoms with Crippen LogP contribution >= 0.6 is 11.8 Å². The molecule has 0 bridgehead atoms. The van der Waals surface area contributed by atoms with Crippen molar-refractivity contribution in [1.82, 2.24) is 4.98 Å². The maximum atomic E-state index is 12.6. The zero-order valence-corrected chi connectivity index (χ0v) is 15.2. The number of benzene rings is 3. The van der Waals surface area contributed by atoms with E-state index in [2.05, 4.69) is 22.4 Å². The summed E-state index contributed by atoms with van der Waals surface area (Å²) in [4.78, 5) is 18.3. The molecule has 0 radical (unpaired) electrons. The number of thioether (sulfide) groups is 1. The summed E-state index contributed by atoms with van der Waals surface area (Å²) in [6.45, 7) is 0. The summed E-state index contributed by atoms with van der Waals surface area (Å²) in [6, 6.07) is 23.5. The van der Waals surface area contributed by atoms with Gasteiger partial charge in [-0.15, -0.1) is 11.8 Å². The molecule has 1 aliphatic rings. The third-order valence-electron chi connectivity index (χ3n) is 4.63. The number of amides is 1. The number of para-hydroxylation sites is 2. The molecule has 5 rings (SSSR count). The van der Waals surface area contributed by atoms with Crippen LogP contribution in [-0.2, 0) is 11.2 Å². The lowest BCUT2D eigenvalue weighted by atomic mass is 10.1. The molecule has 27 heavy (non-hydrogen) atoms. The van der Waals surface area contributed by atoms with E-state index in [1.165, 1.54) is 10.5 Å². The van der Waals surface area contributed by atoms with Gasteiger partial charge in [-0.2, -0.15) is 0 Å². The molecule has 5 heteroatoms. The van der Waals surface area contributed by atoms with Crippen LogP contribution in [0.15, 0.2) is 82.1 Å². The zero-order valence-electron chi connectivity index (χ0n) is 14.4. The highest BCUT2D eigenvalue weighted by atomic mass is 32.2. The number of carbonyl (C=O) groups is 1. The number of hydrogen-bond acceptors (Lipinski definition) is 4. The van der Waals surface area contributed by atoms with Crippen molar-refractivity contribution in [3.63, 3.8) is 0 Å². The third kappa shape index (κ3) is 3.11. The Morgan fingerprint density at radius 2 is 1.78 bits per heavy atom. The van der Waals surface area contributed by atoms with Gasteiger partial charge in [-0.1, -0.05) is 30.3 Å². The zero-order chi connectivity index (χ0) is 18.2. The minimum absolute atomic E-state index is 0.0332. The van der Waals surface area contributed by atoms with E-state index in [1.54, 1.807) is 11.8 Å². The third-order valence-corrected chi connectivity index (χ3v) is 5.95. The van der Waals surface area contributed by atoms with Crippen molar-refractivity contribution >= 4 is 34.5 Å². The van der Waals surface area contributed by atoms with Crippen molar-refractivity contribution in [3.05, 3.63) is 78.4 Å². The Morgan fingerprint density at radius 3 is 2.59 bits per heavy atom. The van der Waals surface area contributed by atoms with Gasteiger partial charge in [-0.05, 0) is 54.4 Å². The Hall–Kier alpha value is -3.05. The summed E-state index contributed by atoms with van der Waals surface area (Å²) in [5.41, 5.74) is 4.50. The van der Waals surface area contributed by atoms with E-state index >= 15 is 0 Å². The summed E-state index contributed by atoms with van der Waals surface area (Å²) in [7, 11) is 0. The highest BCUT2D eigenvalue weighted by Crippen LogP contribution is 2.37. The first kappa shape index (κ1) is 16.1. The minimum Gasteiger partial charge on any atom is -0.436 e. The summed E-state index contributed by atoms with van der Waals surface area (Å²) < 4.78 is 5.79. The number of nitrogens with zero attached hydrogens (tertiary/aromatic N) is 1. The van der Waals surface area contributed by atoms with Crippen molar-refractivity contribution in [2.24, 2.45) is 0 Å². The van der Waals surface area contributed by atoms with E-state index in [9.17, 15) is 4.79 Å². The highest BCUT2D eigenvalue weighted by Gasteiger charge is 2.27. The van der Waals surface area contributed by atoms with Crippen LogP contribution in [0.4, 0.5) is 5.69 Å². The van der Waals surface area contributed by atoms with Gasteiger partial charge in [-0.3, -0.25) is 4.79 Å². The molecule has 4 aromatic rings. The Labute approximate surface area is 160 Å². The van der Waals surface area contributed by atoms with E-state index in [4.69, 9.17) is 4.42 Å². The quantitative estimate of drug-likeness (QED) is 0.540. The van der Waals surface area contributed by atoms with Gasteiger partial charge in [0.2, 0.25) is 11.8 Å². The van der Waals surface area contributed by atoms with Crippen LogP contribution in [0.5, 0.6) is 0 Å². The average molecular weight is 372 g/mol. The second kappa shape index (κ2) is 6.59. The first-order chi connectivity index (χ1) is 13.3. The smallest absolute Gasteiger partial charge is 0.238 e. The molecule has 0 spiro atoms. The van der Waals surface area contributed by atoms with E-state index < -0.39 is 0 Å². The molecule has 132 valence electrons. The standard InChI is InChI=1S/C22H16N2O2S/c25-21(20-13-15-5-1-4-8-19(15)27-20)23-16-11-9-14(10-12-16)22-24-17-6-2-3-7-18(17)26-22/h1-12,20H,13H2,(H,23,25)/t20-/m1/s1. The topological polar surface area (TPSA) is 55.1 Å². The van der Waals surface area contributed by atoms with Crippen LogP contribution < -0.4 is 5.32 Å². The Kier molecular flexibility index (Phi) is 3.94. The summed E-state index contributed by atoms with van der Waals surface area (Å²) in [6.07, 6.45) is 0.771. The largest absolute Gasteiger partial charge is 0.436 e. The predicted molar refractivity (Wildman–Crippen MR) is 108 cm³/mol. The molecule has 1 N–H and O–H groups in total. The molecule has 1 aliphatic heterocycles. The monoisotopic (exact) mass is 372 g/mol. The van der Waals surface area contributed by atoms with Crippen molar-refractivity contribution in [2.45, 2.75) is 16.6 Å². The summed E-state index contributed by atoms with van der Waals surface area (Å²) in [5, 5.41) is 2.93. The molecule has 0 aliphatic carbocycles. The fraction of sp³-hybridized carbons (Fsp3) is 0.0909. The van der Waals surface area contributed by atoms with Crippen LogP contribution in [0.25, 0.3) is 22.6 Å². The molecule has 4 nitrogen and oxygen atoms in total. The van der Waals surface area contributed by atoms with Crippen LogP contribution in [-0.4, -0.2) is 16.1 Å². The average Bonchev–Trinajstić information content (AvgIpc) is 3.32. The second-order valence-corrected chi connectivity index (χ2v) is 7.72. The summed E-state index contributed by atoms with van der Waals surface area (Å²) in [5.74, 6) is 0.613. The first-order valence-electron chi connectivity index (χ1n) is 8.78. The van der Waals surface area contributed by atoms with E-state index in [1.807, 2.05) is 60.7 Å². The lowest BCUT2D eigenvalue weighted by Crippen LogP contribution is -2.24. The molecule has 0 fully saturated rings. The SMILES string of the molecule is O=C(Nc1ccc(-c2nc3ccccc3o2)cc1)[C@H]1Cc2ccccc2S1. The summed E-state index contributed by atoms with van der Waals surface area (Å²) >= 11 is 1.63. The predicted octanol–water partition coefficient (Wildman–Crippen LogP) is 5.15. The first-order valence-corrected chi connectivity index (χ1v) is 9.66. The van der Waals surface area contributed by atoms with Gasteiger partial charge >= 0.3 is 0 Å². The number of nitrogens with one attached hydrogen (secondary N) is 1. The highest BCUT2D eigenvalue weighted by molar-refractivity contribution is 8.01. The molecule has 2 heterocycles. The molecular weight excluding hydrogens is 356 g/mol. The fourth-order valence-corrected chi connectivity index (χ4v) is 4.44. The number of oxazole rings is 1. The molecular formula is C22H16N2O2S. The minimum atomic E-state index is -0.0842. The molecule has 0 saturated heterocycles. The molecule has 0 saturated carbocycles. The molecule has 0 unspecified atom stereocenters. The van der Waals surface area contributed by atoms with Crippen LogP contribution in [0.1, 0.15) is 5.56 Å². The number of carbonyl (C=O) groups excluding carboxylic acids is 1. The van der Waals surface area contributed by atoms with Crippen molar-refractivity contribution in [1.29, 1.82) is 0 Å². The van der Waals surface area contributed by atoms with Crippen molar-refractivity contribution in [2.75, 3.05) is 5.32 Å². The number of rotatable bonds is 3. The lowest BCUT2D eigenvalue weighted by Gasteiger charge is -2.10. The Balaban J connectivity index is 1.30. The van der Waals surface area contributed by atoms with Gasteiger partial charge in [0.1, 0.15) is 5.52 Å². The van der Waals surface area contributed by atoms with Gasteiger partial charge in [0.05, 0.1) is 5.25 Å². The number of anilines is 1. The Morgan fingerprint density at radius 1 is 1.00 bits per heavy atom. The van der Waals surface area contributed by atoms with E-state index in [0.717, 1.165) is 28.8 Å². The van der Waals surface area contributed by atoms with E-state index in [-0.39, 0.29) is 11.2 Å². The maximum absolute atomic E-state index is 12.6. The number of fused-ring (bicyclic) bond motifs is 2. The van der Waals surface area contributed by atoms with Crippen molar-refractivity contribution in [3.8, 4) is 11.5 Å². The molecule has 1 amide bonds. The lowest BCUT2D eigenvalue weighted by molar-refractivity contribution is -0.115. The molecule has 1 aromatic heterocycles. The van der Waals surface area contributed by atoms with Gasteiger partial charge < -0.3 is 9.73 Å². The Bertz CT molecular complexity index is 1080. The number of aromatic nitrogens is 1. The fourth-order valence-electron chi connectivity index (χ4n) is 3.24. The maximum Gasteiger partial charge on any atom is 0.238 e. The van der Waals surface area contributed by atoms with Gasteiger partial charge in [-0.25, -0.2) is 4.98 Å². The number of hydrogen-bond donors (Lipinski definition) is 1. The normalized spacial score (nSPS) is 15.6.